The second kappa shape index (κ2) is 6.82. The van der Waals surface area contributed by atoms with E-state index in [0.717, 1.165) is 5.56 Å². The highest BCUT2D eigenvalue weighted by Gasteiger charge is 2.13. The van der Waals surface area contributed by atoms with Crippen LogP contribution < -0.4 is 5.32 Å². The highest BCUT2D eigenvalue weighted by molar-refractivity contribution is 7.84. The minimum Gasteiger partial charge on any atom is -0.309 e. The van der Waals surface area contributed by atoms with Crippen molar-refractivity contribution in [1.29, 1.82) is 0 Å². The summed E-state index contributed by atoms with van der Waals surface area (Å²) in [6, 6.07) is 4.79. The molecule has 2 unspecified atom stereocenters. The minimum absolute atomic E-state index is 0.0885. The first kappa shape index (κ1) is 15.1. The van der Waals surface area contributed by atoms with Crippen LogP contribution in [0.2, 0.25) is 5.02 Å². The topological polar surface area (TPSA) is 72.2 Å². The molecular formula is C11H15ClN2O3S. The predicted molar refractivity (Wildman–Crippen MR) is 73.3 cm³/mol. The van der Waals surface area contributed by atoms with Gasteiger partial charge in [-0.3, -0.25) is 14.3 Å². The van der Waals surface area contributed by atoms with Gasteiger partial charge >= 0.3 is 0 Å². The Morgan fingerprint density at radius 2 is 2.22 bits per heavy atom. The molecule has 5 nitrogen and oxygen atoms in total. The first-order chi connectivity index (χ1) is 8.40. The van der Waals surface area contributed by atoms with Crippen LogP contribution in [0.5, 0.6) is 0 Å². The van der Waals surface area contributed by atoms with Gasteiger partial charge in [0.1, 0.15) is 5.02 Å². The molecule has 0 amide bonds. The van der Waals surface area contributed by atoms with Gasteiger partial charge in [-0.1, -0.05) is 17.7 Å². The van der Waals surface area contributed by atoms with Crippen LogP contribution in [0.1, 0.15) is 12.5 Å². The van der Waals surface area contributed by atoms with E-state index in [1.165, 1.54) is 12.1 Å². The Bertz CT molecular complexity index is 468. The maximum absolute atomic E-state index is 11.0. The smallest absolute Gasteiger partial charge is 0.288 e. The summed E-state index contributed by atoms with van der Waals surface area (Å²) >= 11 is 5.72. The van der Waals surface area contributed by atoms with Crippen LogP contribution in [0, 0.1) is 10.1 Å². The molecule has 0 spiro atoms. The number of nitrogens with zero attached hydrogens (tertiary/aromatic N) is 1. The molecule has 0 bridgehead atoms. The summed E-state index contributed by atoms with van der Waals surface area (Å²) in [5, 5.41) is 14.0. The Morgan fingerprint density at radius 3 is 2.78 bits per heavy atom. The predicted octanol–water partition coefficient (Wildman–Crippen LogP) is 2.10. The van der Waals surface area contributed by atoms with E-state index in [0.29, 0.717) is 12.3 Å². The van der Waals surface area contributed by atoms with E-state index >= 15 is 0 Å². The van der Waals surface area contributed by atoms with E-state index in [1.807, 2.05) is 6.92 Å². The van der Waals surface area contributed by atoms with Crippen molar-refractivity contribution in [1.82, 2.24) is 5.32 Å². The number of hydrogen-bond donors (Lipinski definition) is 1. The molecule has 1 aromatic rings. The fourth-order valence-electron chi connectivity index (χ4n) is 1.51. The lowest BCUT2D eigenvalue weighted by atomic mass is 10.2. The first-order valence-electron chi connectivity index (χ1n) is 5.36. The van der Waals surface area contributed by atoms with E-state index in [1.54, 1.807) is 12.3 Å². The minimum atomic E-state index is -0.861. The van der Waals surface area contributed by atoms with Crippen LogP contribution in [0.25, 0.3) is 0 Å². The second-order valence-electron chi connectivity index (χ2n) is 4.06. The summed E-state index contributed by atoms with van der Waals surface area (Å²) in [6.45, 7) is 2.40. The van der Waals surface area contributed by atoms with Crippen LogP contribution in [0.15, 0.2) is 18.2 Å². The zero-order valence-electron chi connectivity index (χ0n) is 10.2. The lowest BCUT2D eigenvalue weighted by Crippen LogP contribution is -2.30. The van der Waals surface area contributed by atoms with Crippen molar-refractivity contribution in [2.45, 2.75) is 19.5 Å². The van der Waals surface area contributed by atoms with Crippen LogP contribution in [-0.4, -0.2) is 27.2 Å². The highest BCUT2D eigenvalue weighted by atomic mass is 35.5. The molecule has 18 heavy (non-hydrogen) atoms. The SMILES string of the molecule is CC(CS(C)=O)NCc1ccc(Cl)c([N+](=O)[O-])c1. The van der Waals surface area contributed by atoms with Gasteiger partial charge in [-0.15, -0.1) is 0 Å². The molecule has 0 aliphatic carbocycles. The molecule has 0 saturated heterocycles. The molecule has 0 heterocycles. The number of benzene rings is 1. The standard InChI is InChI=1S/C11H15ClN2O3S/c1-8(7-18(2)17)13-6-9-3-4-10(12)11(5-9)14(15)16/h3-5,8,13H,6-7H2,1-2H3. The van der Waals surface area contributed by atoms with E-state index in [2.05, 4.69) is 5.32 Å². The molecule has 1 aromatic carbocycles. The Labute approximate surface area is 113 Å². The number of nitrogens with one attached hydrogen (secondary N) is 1. The van der Waals surface area contributed by atoms with Crippen LogP contribution in [-0.2, 0) is 17.3 Å². The van der Waals surface area contributed by atoms with Crippen molar-refractivity contribution in [3.8, 4) is 0 Å². The van der Waals surface area contributed by atoms with Gasteiger partial charge in [0.05, 0.1) is 4.92 Å². The molecule has 0 aliphatic heterocycles. The summed E-state index contributed by atoms with van der Waals surface area (Å²) in [7, 11) is -0.861. The molecular weight excluding hydrogens is 276 g/mol. The normalized spacial score (nSPS) is 14.2. The molecule has 2 atom stereocenters. The summed E-state index contributed by atoms with van der Waals surface area (Å²) in [5.74, 6) is 0.551. The number of hydrogen-bond acceptors (Lipinski definition) is 4. The van der Waals surface area contributed by atoms with Gasteiger partial charge in [0.2, 0.25) is 0 Å². The number of nitro benzene ring substituents is 1. The van der Waals surface area contributed by atoms with Gasteiger partial charge in [0.15, 0.2) is 0 Å². The Kier molecular flexibility index (Phi) is 5.71. The van der Waals surface area contributed by atoms with Crippen molar-refractivity contribution in [3.63, 3.8) is 0 Å². The zero-order chi connectivity index (χ0) is 13.7. The van der Waals surface area contributed by atoms with Crippen molar-refractivity contribution in [2.24, 2.45) is 0 Å². The molecule has 100 valence electrons. The second-order valence-corrected chi connectivity index (χ2v) is 5.95. The maximum Gasteiger partial charge on any atom is 0.288 e. The van der Waals surface area contributed by atoms with Crippen molar-refractivity contribution in [2.75, 3.05) is 12.0 Å². The van der Waals surface area contributed by atoms with Crippen LogP contribution in [0.4, 0.5) is 5.69 Å². The first-order valence-corrected chi connectivity index (χ1v) is 7.47. The van der Waals surface area contributed by atoms with Crippen molar-refractivity contribution >= 4 is 28.1 Å². The lowest BCUT2D eigenvalue weighted by molar-refractivity contribution is -0.384. The molecule has 0 aromatic heterocycles. The third-order valence-electron chi connectivity index (χ3n) is 2.35. The summed E-state index contributed by atoms with van der Waals surface area (Å²) in [6.07, 6.45) is 1.64. The Morgan fingerprint density at radius 1 is 1.56 bits per heavy atom. The third kappa shape index (κ3) is 4.72. The fourth-order valence-corrected chi connectivity index (χ4v) is 2.52. The van der Waals surface area contributed by atoms with Gasteiger partial charge in [0, 0.05) is 41.5 Å². The molecule has 1 N–H and O–H groups in total. The summed E-state index contributed by atoms with van der Waals surface area (Å²) in [4.78, 5) is 10.2. The Hall–Kier alpha value is -0.980. The van der Waals surface area contributed by atoms with Gasteiger partial charge < -0.3 is 5.32 Å². The summed E-state index contributed by atoms with van der Waals surface area (Å²) in [5.41, 5.74) is 0.683. The van der Waals surface area contributed by atoms with Crippen molar-refractivity contribution < 1.29 is 9.13 Å². The maximum atomic E-state index is 11.0. The quantitative estimate of drug-likeness (QED) is 0.643. The monoisotopic (exact) mass is 290 g/mol. The molecule has 0 saturated carbocycles. The molecule has 0 radical (unpaired) electrons. The summed E-state index contributed by atoms with van der Waals surface area (Å²) < 4.78 is 11.0. The van der Waals surface area contributed by atoms with E-state index in [9.17, 15) is 14.3 Å². The average molecular weight is 291 g/mol. The third-order valence-corrected chi connectivity index (χ3v) is 3.64. The van der Waals surface area contributed by atoms with E-state index < -0.39 is 15.7 Å². The number of nitro groups is 1. The fraction of sp³-hybridized carbons (Fsp3) is 0.455. The average Bonchev–Trinajstić information content (AvgIpc) is 2.26. The highest BCUT2D eigenvalue weighted by Crippen LogP contribution is 2.24. The Balaban J connectivity index is 2.66. The van der Waals surface area contributed by atoms with Crippen molar-refractivity contribution in [3.05, 3.63) is 38.9 Å². The van der Waals surface area contributed by atoms with E-state index in [-0.39, 0.29) is 16.8 Å². The van der Waals surface area contributed by atoms with Crippen LogP contribution >= 0.6 is 11.6 Å². The van der Waals surface area contributed by atoms with Gasteiger partial charge in [-0.2, -0.15) is 0 Å². The zero-order valence-corrected chi connectivity index (χ0v) is 11.8. The van der Waals surface area contributed by atoms with E-state index in [4.69, 9.17) is 11.6 Å². The molecule has 1 rings (SSSR count). The molecule has 7 heteroatoms. The largest absolute Gasteiger partial charge is 0.309 e. The van der Waals surface area contributed by atoms with Crippen LogP contribution in [0.3, 0.4) is 0 Å². The number of rotatable bonds is 6. The molecule has 0 fully saturated rings. The van der Waals surface area contributed by atoms with Gasteiger partial charge in [-0.25, -0.2) is 0 Å². The molecule has 0 aliphatic rings. The number of halogens is 1. The van der Waals surface area contributed by atoms with Gasteiger partial charge in [0.25, 0.3) is 5.69 Å². The lowest BCUT2D eigenvalue weighted by Gasteiger charge is -2.12. The van der Waals surface area contributed by atoms with Gasteiger partial charge in [-0.05, 0) is 18.6 Å².